The normalized spacial score (nSPS) is 13.2. The highest BCUT2D eigenvalue weighted by atomic mass is 127. The molecular weight excluding hydrogens is 493 g/mol. The van der Waals surface area contributed by atoms with Crippen LogP contribution < -0.4 is 15.4 Å². The van der Waals surface area contributed by atoms with E-state index >= 15 is 0 Å². The minimum Gasteiger partial charge on any atom is -0.496 e. The number of nitrogens with one attached hydrogen (secondary N) is 2. The predicted octanol–water partition coefficient (Wildman–Crippen LogP) is 3.82. The molecule has 0 saturated heterocycles. The number of aliphatic hydroxyl groups excluding tert-OH is 1. The first kappa shape index (κ1) is 26.2. The maximum absolute atomic E-state index is 10.3. The molecule has 0 amide bonds. The fraction of sp³-hybridized carbons (Fsp3) is 0.435. The maximum Gasteiger partial charge on any atom is 0.191 e. The molecule has 0 bridgehead atoms. The average molecular weight is 527 g/mol. The Morgan fingerprint density at radius 1 is 1.13 bits per heavy atom. The molecule has 3 N–H and O–H groups in total. The highest BCUT2D eigenvalue weighted by Gasteiger charge is 2.11. The summed E-state index contributed by atoms with van der Waals surface area (Å²) in [5, 5.41) is 16.6. The first-order chi connectivity index (χ1) is 14.0. The highest BCUT2D eigenvalue weighted by molar-refractivity contribution is 14.0. The van der Waals surface area contributed by atoms with E-state index in [4.69, 9.17) is 9.47 Å². The minimum atomic E-state index is -0.640. The van der Waals surface area contributed by atoms with Crippen molar-refractivity contribution in [1.82, 2.24) is 10.6 Å². The van der Waals surface area contributed by atoms with Crippen LogP contribution in [0, 0.1) is 6.92 Å². The molecule has 0 saturated carbocycles. The third kappa shape index (κ3) is 8.89. The van der Waals surface area contributed by atoms with Crippen LogP contribution in [0.4, 0.5) is 0 Å². The van der Waals surface area contributed by atoms with Crippen LogP contribution in [0.5, 0.6) is 5.75 Å². The number of guanidine groups is 1. The van der Waals surface area contributed by atoms with Crippen LogP contribution in [0.15, 0.2) is 53.5 Å². The smallest absolute Gasteiger partial charge is 0.191 e. The van der Waals surface area contributed by atoms with Gasteiger partial charge in [0.15, 0.2) is 5.96 Å². The number of nitrogens with zero attached hydrogens (tertiary/aromatic N) is 1. The van der Waals surface area contributed by atoms with Gasteiger partial charge < -0.3 is 25.2 Å². The largest absolute Gasteiger partial charge is 0.496 e. The number of aryl methyl sites for hydroxylation is 1. The lowest BCUT2D eigenvalue weighted by molar-refractivity contribution is -0.000599. The van der Waals surface area contributed by atoms with Crippen molar-refractivity contribution in [2.75, 3.05) is 26.8 Å². The van der Waals surface area contributed by atoms with Gasteiger partial charge in [0.25, 0.3) is 0 Å². The van der Waals surface area contributed by atoms with E-state index in [1.54, 1.807) is 7.11 Å². The van der Waals surface area contributed by atoms with Gasteiger partial charge >= 0.3 is 0 Å². The summed E-state index contributed by atoms with van der Waals surface area (Å²) in [5.74, 6) is 1.47. The Kier molecular flexibility index (Phi) is 12.4. The van der Waals surface area contributed by atoms with Gasteiger partial charge in [-0.2, -0.15) is 0 Å². The Labute approximate surface area is 197 Å². The SMILES string of the molecule is CCNC(=NCc1ccc(C)cc1OC)NCC(O)COC(C)c1ccccc1.I. The van der Waals surface area contributed by atoms with E-state index in [9.17, 15) is 5.11 Å². The van der Waals surface area contributed by atoms with Crippen molar-refractivity contribution in [3.05, 3.63) is 65.2 Å². The summed E-state index contributed by atoms with van der Waals surface area (Å²) < 4.78 is 11.2. The van der Waals surface area contributed by atoms with E-state index in [1.165, 1.54) is 0 Å². The summed E-state index contributed by atoms with van der Waals surface area (Å²) in [6.07, 6.45) is -0.708. The Bertz CT molecular complexity index is 772. The van der Waals surface area contributed by atoms with Gasteiger partial charge in [-0.1, -0.05) is 42.5 Å². The molecule has 0 aliphatic carbocycles. The van der Waals surface area contributed by atoms with Gasteiger partial charge in [-0.25, -0.2) is 4.99 Å². The Morgan fingerprint density at radius 2 is 1.87 bits per heavy atom. The van der Waals surface area contributed by atoms with Crippen LogP contribution >= 0.6 is 24.0 Å². The number of ether oxygens (including phenoxy) is 2. The van der Waals surface area contributed by atoms with E-state index in [1.807, 2.05) is 69.3 Å². The van der Waals surface area contributed by atoms with E-state index in [0.29, 0.717) is 19.0 Å². The van der Waals surface area contributed by atoms with Crippen molar-refractivity contribution in [1.29, 1.82) is 0 Å². The summed E-state index contributed by atoms with van der Waals surface area (Å²) in [7, 11) is 1.66. The number of hydrogen-bond donors (Lipinski definition) is 3. The highest BCUT2D eigenvalue weighted by Crippen LogP contribution is 2.20. The standard InChI is InChI=1S/C23H33N3O3.HI/c1-5-24-23(25-14-20-12-11-17(2)13-22(20)28-4)26-15-21(27)16-29-18(3)19-9-7-6-8-10-19;/h6-13,18,21,27H,5,14-16H2,1-4H3,(H2,24,25,26);1H. The minimum absolute atomic E-state index is 0. The molecule has 0 radical (unpaired) electrons. The number of aliphatic hydroxyl groups is 1. The van der Waals surface area contributed by atoms with Crippen molar-refractivity contribution >= 4 is 29.9 Å². The summed E-state index contributed by atoms with van der Waals surface area (Å²) in [5.41, 5.74) is 3.25. The molecule has 2 unspecified atom stereocenters. The van der Waals surface area contributed by atoms with E-state index < -0.39 is 6.10 Å². The van der Waals surface area contributed by atoms with Crippen LogP contribution in [0.1, 0.15) is 36.6 Å². The fourth-order valence-electron chi connectivity index (χ4n) is 2.84. The number of rotatable bonds is 10. The van der Waals surface area contributed by atoms with Crippen molar-refractivity contribution in [2.24, 2.45) is 4.99 Å². The van der Waals surface area contributed by atoms with Crippen LogP contribution in [-0.2, 0) is 11.3 Å². The van der Waals surface area contributed by atoms with Gasteiger partial charge in [0.1, 0.15) is 5.75 Å². The lowest BCUT2D eigenvalue weighted by Gasteiger charge is -2.18. The second kappa shape index (κ2) is 14.2. The summed E-state index contributed by atoms with van der Waals surface area (Å²) >= 11 is 0. The molecule has 0 spiro atoms. The van der Waals surface area contributed by atoms with Crippen LogP contribution in [0.2, 0.25) is 0 Å². The van der Waals surface area contributed by atoms with Gasteiger partial charge in [-0.3, -0.25) is 0 Å². The second-order valence-corrected chi connectivity index (χ2v) is 6.93. The van der Waals surface area contributed by atoms with Crippen LogP contribution in [0.25, 0.3) is 0 Å². The van der Waals surface area contributed by atoms with Crippen molar-refractivity contribution in [3.63, 3.8) is 0 Å². The van der Waals surface area contributed by atoms with E-state index in [2.05, 4.69) is 15.6 Å². The third-order valence-electron chi connectivity index (χ3n) is 4.51. The summed E-state index contributed by atoms with van der Waals surface area (Å²) in [6, 6.07) is 16.0. The molecule has 2 atom stereocenters. The molecule has 0 aliphatic rings. The number of aliphatic imine (C=N–C) groups is 1. The van der Waals surface area contributed by atoms with Crippen molar-refractivity contribution in [3.8, 4) is 5.75 Å². The zero-order chi connectivity index (χ0) is 21.1. The molecule has 2 rings (SSSR count). The molecule has 166 valence electrons. The van der Waals surface area contributed by atoms with Gasteiger partial charge in [0, 0.05) is 18.7 Å². The Morgan fingerprint density at radius 3 is 2.53 bits per heavy atom. The molecule has 2 aromatic rings. The fourth-order valence-corrected chi connectivity index (χ4v) is 2.84. The first-order valence-corrected chi connectivity index (χ1v) is 10.0. The van der Waals surface area contributed by atoms with Gasteiger partial charge in [0.2, 0.25) is 0 Å². The lowest BCUT2D eigenvalue weighted by atomic mass is 10.1. The van der Waals surface area contributed by atoms with Crippen molar-refractivity contribution in [2.45, 2.75) is 39.5 Å². The zero-order valence-corrected chi connectivity index (χ0v) is 20.6. The van der Waals surface area contributed by atoms with Crippen molar-refractivity contribution < 1.29 is 14.6 Å². The molecule has 7 heteroatoms. The van der Waals surface area contributed by atoms with E-state index in [-0.39, 0.29) is 36.7 Å². The predicted molar refractivity (Wildman–Crippen MR) is 133 cm³/mol. The molecular formula is C23H34IN3O3. The maximum atomic E-state index is 10.3. The number of halogens is 1. The topological polar surface area (TPSA) is 75.1 Å². The second-order valence-electron chi connectivity index (χ2n) is 6.93. The molecule has 0 fully saturated rings. The summed E-state index contributed by atoms with van der Waals surface area (Å²) in [4.78, 5) is 4.60. The lowest BCUT2D eigenvalue weighted by Crippen LogP contribution is -2.42. The molecule has 6 nitrogen and oxygen atoms in total. The Hall–Kier alpha value is -1.84. The first-order valence-electron chi connectivity index (χ1n) is 10.0. The quantitative estimate of drug-likeness (QED) is 0.249. The molecule has 0 aliphatic heterocycles. The summed E-state index contributed by atoms with van der Waals surface area (Å²) in [6.45, 7) is 7.82. The molecule has 0 aromatic heterocycles. The zero-order valence-electron chi connectivity index (χ0n) is 18.2. The molecule has 2 aromatic carbocycles. The third-order valence-corrected chi connectivity index (χ3v) is 4.51. The monoisotopic (exact) mass is 527 g/mol. The van der Waals surface area contributed by atoms with Crippen LogP contribution in [0.3, 0.4) is 0 Å². The number of hydrogen-bond acceptors (Lipinski definition) is 4. The average Bonchev–Trinajstić information content (AvgIpc) is 2.75. The number of methoxy groups -OCH3 is 1. The van der Waals surface area contributed by atoms with Gasteiger partial charge in [-0.05, 0) is 38.0 Å². The van der Waals surface area contributed by atoms with Crippen LogP contribution in [-0.4, -0.2) is 44.0 Å². The van der Waals surface area contributed by atoms with Gasteiger partial charge in [-0.15, -0.1) is 24.0 Å². The molecule has 30 heavy (non-hydrogen) atoms. The number of benzene rings is 2. The van der Waals surface area contributed by atoms with E-state index in [0.717, 1.165) is 29.0 Å². The molecule has 0 heterocycles. The Balaban J connectivity index is 0.00000450. The van der Waals surface area contributed by atoms with Gasteiger partial charge in [0.05, 0.1) is 32.5 Å².